The highest BCUT2D eigenvalue weighted by atomic mass is 79.9. The Morgan fingerprint density at radius 1 is 1.38 bits per heavy atom. The molecule has 5 nitrogen and oxygen atoms in total. The molecule has 2 N–H and O–H groups in total. The maximum Gasteiger partial charge on any atom is 0.244 e. The Morgan fingerprint density at radius 3 is 2.52 bits per heavy atom. The molecule has 0 radical (unpaired) electrons. The van der Waals surface area contributed by atoms with Crippen molar-refractivity contribution in [1.29, 1.82) is 0 Å². The number of sulfonamides is 1. The molecular weight excluding hydrogens is 356 g/mol. The predicted molar refractivity (Wildman–Crippen MR) is 84.2 cm³/mol. The number of carbonyl (C=O) groups excluding carboxylic acids is 1. The van der Waals surface area contributed by atoms with Crippen molar-refractivity contribution in [2.75, 3.05) is 13.1 Å². The van der Waals surface area contributed by atoms with E-state index in [2.05, 4.69) is 15.9 Å². The number of rotatable bonds is 4. The quantitative estimate of drug-likeness (QED) is 0.875. The number of carbonyl (C=O) groups is 1. The fraction of sp³-hybridized carbons (Fsp3) is 0.500. The Bertz CT molecular complexity index is 638. The van der Waals surface area contributed by atoms with Gasteiger partial charge in [-0.15, -0.1) is 0 Å². The first-order chi connectivity index (χ1) is 9.80. The van der Waals surface area contributed by atoms with E-state index in [1.54, 1.807) is 18.2 Å². The molecule has 0 spiro atoms. The van der Waals surface area contributed by atoms with E-state index in [0.29, 0.717) is 41.7 Å². The van der Waals surface area contributed by atoms with E-state index in [-0.39, 0.29) is 11.8 Å². The highest BCUT2D eigenvalue weighted by Gasteiger charge is 2.31. The molecule has 0 atom stereocenters. The van der Waals surface area contributed by atoms with Crippen molar-refractivity contribution in [3.8, 4) is 0 Å². The number of halogens is 1. The van der Waals surface area contributed by atoms with E-state index in [1.807, 2.05) is 6.92 Å². The van der Waals surface area contributed by atoms with Crippen molar-refractivity contribution in [3.63, 3.8) is 0 Å². The summed E-state index contributed by atoms with van der Waals surface area (Å²) in [5, 5.41) is 0. The van der Waals surface area contributed by atoms with Crippen molar-refractivity contribution in [3.05, 3.63) is 28.2 Å². The summed E-state index contributed by atoms with van der Waals surface area (Å²) in [7, 11) is -3.49. The second-order valence-electron chi connectivity index (χ2n) is 5.45. The predicted octanol–water partition coefficient (Wildman–Crippen LogP) is 2.03. The second-order valence-corrected chi connectivity index (χ2v) is 8.21. The average Bonchev–Trinajstić information content (AvgIpc) is 2.38. The molecular formula is C14H19BrN2O3S. The van der Waals surface area contributed by atoms with Crippen LogP contribution in [0.2, 0.25) is 0 Å². The van der Waals surface area contributed by atoms with Crippen molar-refractivity contribution >= 4 is 31.9 Å². The number of hydrogen-bond acceptors (Lipinski definition) is 3. The molecule has 21 heavy (non-hydrogen) atoms. The van der Waals surface area contributed by atoms with E-state index in [4.69, 9.17) is 5.73 Å². The summed E-state index contributed by atoms with van der Waals surface area (Å²) in [5.74, 6) is -0.131. The fourth-order valence-electron chi connectivity index (χ4n) is 2.59. The van der Waals surface area contributed by atoms with Crippen molar-refractivity contribution in [2.45, 2.75) is 31.1 Å². The third kappa shape index (κ3) is 3.84. The van der Waals surface area contributed by atoms with Crippen molar-refractivity contribution < 1.29 is 13.2 Å². The number of piperidine rings is 1. The summed E-state index contributed by atoms with van der Waals surface area (Å²) in [6, 6.07) is 5.22. The van der Waals surface area contributed by atoms with E-state index >= 15 is 0 Å². The lowest BCUT2D eigenvalue weighted by Gasteiger charge is -2.31. The molecule has 0 saturated carbocycles. The Kier molecular flexibility index (Phi) is 5.06. The Labute approximate surface area is 133 Å². The third-order valence-electron chi connectivity index (χ3n) is 3.77. The topological polar surface area (TPSA) is 80.5 Å². The molecule has 0 unspecified atom stereocenters. The molecule has 116 valence electrons. The summed E-state index contributed by atoms with van der Waals surface area (Å²) in [6.07, 6.45) is 1.68. The van der Waals surface area contributed by atoms with Gasteiger partial charge in [0.1, 0.15) is 0 Å². The van der Waals surface area contributed by atoms with Gasteiger partial charge >= 0.3 is 0 Å². The number of benzene rings is 1. The summed E-state index contributed by atoms with van der Waals surface area (Å²) in [4.78, 5) is 11.2. The van der Waals surface area contributed by atoms with Crippen LogP contribution in [0, 0.1) is 12.8 Å². The number of primary amides is 1. The van der Waals surface area contributed by atoms with Gasteiger partial charge in [0.25, 0.3) is 0 Å². The van der Waals surface area contributed by atoms with Gasteiger partial charge in [-0.1, -0.05) is 6.07 Å². The second kappa shape index (κ2) is 6.46. The smallest absolute Gasteiger partial charge is 0.244 e. The molecule has 0 aliphatic carbocycles. The van der Waals surface area contributed by atoms with Gasteiger partial charge < -0.3 is 5.73 Å². The van der Waals surface area contributed by atoms with E-state index in [0.717, 1.165) is 5.56 Å². The SMILES string of the molecule is Cc1ccc(S(=O)(=O)N2CCC(CC(N)=O)CC2)c(Br)c1. The molecule has 2 rings (SSSR count). The van der Waals surface area contributed by atoms with Gasteiger partial charge in [0.15, 0.2) is 0 Å². The Morgan fingerprint density at radius 2 is 2.00 bits per heavy atom. The van der Waals surface area contributed by atoms with Crippen LogP contribution in [-0.4, -0.2) is 31.7 Å². The maximum atomic E-state index is 12.7. The first kappa shape index (κ1) is 16.5. The molecule has 1 aliphatic heterocycles. The van der Waals surface area contributed by atoms with E-state index in [1.165, 1.54) is 4.31 Å². The molecule has 1 heterocycles. The van der Waals surface area contributed by atoms with Gasteiger partial charge in [-0.25, -0.2) is 8.42 Å². The normalized spacial score (nSPS) is 17.8. The minimum atomic E-state index is -3.49. The molecule has 0 bridgehead atoms. The zero-order valence-corrected chi connectivity index (χ0v) is 14.3. The number of nitrogens with two attached hydrogens (primary N) is 1. The molecule has 1 fully saturated rings. The highest BCUT2D eigenvalue weighted by molar-refractivity contribution is 9.10. The Hall–Kier alpha value is -0.920. The van der Waals surface area contributed by atoms with Crippen LogP contribution in [-0.2, 0) is 14.8 Å². The standard InChI is InChI=1S/C14H19BrN2O3S/c1-10-2-3-13(12(15)8-10)21(19,20)17-6-4-11(5-7-17)9-14(16)18/h2-3,8,11H,4-7,9H2,1H3,(H2,16,18). The molecule has 1 aliphatic rings. The van der Waals surface area contributed by atoms with E-state index < -0.39 is 10.0 Å². The van der Waals surface area contributed by atoms with Crippen LogP contribution in [0.4, 0.5) is 0 Å². The lowest BCUT2D eigenvalue weighted by atomic mass is 9.94. The molecule has 7 heteroatoms. The zero-order chi connectivity index (χ0) is 15.6. The maximum absolute atomic E-state index is 12.7. The van der Waals surface area contributed by atoms with Gasteiger partial charge in [-0.05, 0) is 59.3 Å². The van der Waals surface area contributed by atoms with Crippen LogP contribution in [0.1, 0.15) is 24.8 Å². The van der Waals surface area contributed by atoms with Gasteiger partial charge in [0.2, 0.25) is 15.9 Å². The lowest BCUT2D eigenvalue weighted by Crippen LogP contribution is -2.39. The summed E-state index contributed by atoms with van der Waals surface area (Å²) in [5.41, 5.74) is 6.19. The number of hydrogen-bond donors (Lipinski definition) is 1. The van der Waals surface area contributed by atoms with Crippen LogP contribution >= 0.6 is 15.9 Å². The van der Waals surface area contributed by atoms with Crippen LogP contribution < -0.4 is 5.73 Å². The summed E-state index contributed by atoms with van der Waals surface area (Å²) < 4.78 is 27.4. The first-order valence-corrected chi connectivity index (χ1v) is 9.08. The number of nitrogens with zero attached hydrogens (tertiary/aromatic N) is 1. The minimum absolute atomic E-state index is 0.190. The van der Waals surface area contributed by atoms with Gasteiger partial charge in [0, 0.05) is 24.0 Å². The van der Waals surface area contributed by atoms with Crippen LogP contribution in [0.15, 0.2) is 27.6 Å². The first-order valence-electron chi connectivity index (χ1n) is 6.85. The average molecular weight is 375 g/mol. The van der Waals surface area contributed by atoms with Gasteiger partial charge in [0.05, 0.1) is 4.90 Å². The molecule has 0 aromatic heterocycles. The fourth-order valence-corrected chi connectivity index (χ4v) is 5.21. The monoisotopic (exact) mass is 374 g/mol. The van der Waals surface area contributed by atoms with Crippen LogP contribution in [0.25, 0.3) is 0 Å². The zero-order valence-electron chi connectivity index (χ0n) is 11.9. The molecule has 1 saturated heterocycles. The van der Waals surface area contributed by atoms with Gasteiger partial charge in [-0.2, -0.15) is 4.31 Å². The Balaban J connectivity index is 2.13. The van der Waals surface area contributed by atoms with Crippen LogP contribution in [0.5, 0.6) is 0 Å². The van der Waals surface area contributed by atoms with Crippen molar-refractivity contribution in [2.24, 2.45) is 11.7 Å². The lowest BCUT2D eigenvalue weighted by molar-refractivity contribution is -0.119. The number of amides is 1. The minimum Gasteiger partial charge on any atom is -0.370 e. The molecule has 1 amide bonds. The highest BCUT2D eigenvalue weighted by Crippen LogP contribution is 2.29. The molecule has 1 aromatic carbocycles. The van der Waals surface area contributed by atoms with Gasteiger partial charge in [-0.3, -0.25) is 4.79 Å². The molecule has 1 aromatic rings. The van der Waals surface area contributed by atoms with E-state index in [9.17, 15) is 13.2 Å². The van der Waals surface area contributed by atoms with Crippen molar-refractivity contribution in [1.82, 2.24) is 4.31 Å². The number of aryl methyl sites for hydroxylation is 1. The summed E-state index contributed by atoms with van der Waals surface area (Å²) in [6.45, 7) is 2.78. The third-order valence-corrected chi connectivity index (χ3v) is 6.64. The summed E-state index contributed by atoms with van der Waals surface area (Å²) >= 11 is 3.33. The largest absolute Gasteiger partial charge is 0.370 e. The van der Waals surface area contributed by atoms with Crippen LogP contribution in [0.3, 0.4) is 0 Å².